The number of carbonyl (C=O) groups is 1. The Kier molecular flexibility index (Phi) is 3.61. The predicted octanol–water partition coefficient (Wildman–Crippen LogP) is 4.86. The molecule has 0 aliphatic heterocycles. The Morgan fingerprint density at radius 3 is 2.74 bits per heavy atom. The number of benzene rings is 2. The van der Waals surface area contributed by atoms with Crippen molar-refractivity contribution in [2.24, 2.45) is 0 Å². The van der Waals surface area contributed by atoms with Crippen LogP contribution in [0.3, 0.4) is 0 Å². The molecule has 2 aromatic heterocycles. The minimum Gasteiger partial charge on any atom is -0.392 e. The quantitative estimate of drug-likeness (QED) is 0.560. The van der Waals surface area contributed by atoms with E-state index in [1.807, 2.05) is 36.4 Å². The van der Waals surface area contributed by atoms with E-state index in [1.54, 1.807) is 17.4 Å². The first-order valence-corrected chi connectivity index (χ1v) is 8.80. The van der Waals surface area contributed by atoms with Gasteiger partial charge in [-0.05, 0) is 29.8 Å². The van der Waals surface area contributed by atoms with E-state index in [-0.39, 0.29) is 12.5 Å². The number of carbonyl (C=O) groups excluding carboxylic acids is 1. The molecule has 2 heterocycles. The van der Waals surface area contributed by atoms with Crippen molar-refractivity contribution in [3.05, 3.63) is 65.0 Å². The van der Waals surface area contributed by atoms with E-state index in [2.05, 4.69) is 17.4 Å². The highest BCUT2D eigenvalue weighted by molar-refractivity contribution is 7.33. The molecular formula is C18H13NO2S2. The van der Waals surface area contributed by atoms with Crippen LogP contribution in [0.1, 0.15) is 15.2 Å². The van der Waals surface area contributed by atoms with Crippen LogP contribution in [-0.2, 0) is 6.61 Å². The first-order chi connectivity index (χ1) is 11.2. The van der Waals surface area contributed by atoms with Crippen molar-refractivity contribution in [3.63, 3.8) is 0 Å². The van der Waals surface area contributed by atoms with Gasteiger partial charge in [-0.1, -0.05) is 30.3 Å². The largest absolute Gasteiger partial charge is 0.392 e. The van der Waals surface area contributed by atoms with Crippen molar-refractivity contribution in [1.29, 1.82) is 0 Å². The topological polar surface area (TPSA) is 49.3 Å². The standard InChI is InChI=1S/C18H13NO2S2/c20-10-11-4-3-5-12(8-11)19-18(21)16-9-15-17(23-16)13-6-1-2-7-14(13)22-15/h1-9,20H,10H2,(H,19,21). The van der Waals surface area contributed by atoms with Gasteiger partial charge in [0.25, 0.3) is 5.91 Å². The summed E-state index contributed by atoms with van der Waals surface area (Å²) in [7, 11) is 0. The van der Waals surface area contributed by atoms with Crippen LogP contribution < -0.4 is 5.32 Å². The van der Waals surface area contributed by atoms with E-state index in [0.29, 0.717) is 10.6 Å². The molecule has 5 heteroatoms. The van der Waals surface area contributed by atoms with Crippen molar-refractivity contribution in [3.8, 4) is 0 Å². The average Bonchev–Trinajstić information content (AvgIpc) is 3.13. The SMILES string of the molecule is O=C(Nc1cccc(CO)c1)c1cc2sc3ccccc3c2s1. The molecule has 0 aliphatic rings. The molecule has 3 nitrogen and oxygen atoms in total. The normalized spacial score (nSPS) is 11.2. The molecule has 0 bridgehead atoms. The molecule has 2 aromatic carbocycles. The van der Waals surface area contributed by atoms with Gasteiger partial charge in [0, 0.05) is 20.5 Å². The Morgan fingerprint density at radius 1 is 1.00 bits per heavy atom. The Morgan fingerprint density at radius 2 is 1.87 bits per heavy atom. The Labute approximate surface area is 140 Å². The zero-order valence-electron chi connectivity index (χ0n) is 12.1. The summed E-state index contributed by atoms with van der Waals surface area (Å²) in [6, 6.07) is 17.5. The third-order valence-corrected chi connectivity index (χ3v) is 6.05. The van der Waals surface area contributed by atoms with Crippen molar-refractivity contribution >= 4 is 53.8 Å². The summed E-state index contributed by atoms with van der Waals surface area (Å²) in [5, 5.41) is 13.3. The van der Waals surface area contributed by atoms with Gasteiger partial charge < -0.3 is 10.4 Å². The van der Waals surface area contributed by atoms with Crippen molar-refractivity contribution < 1.29 is 9.90 Å². The third kappa shape index (κ3) is 2.63. The van der Waals surface area contributed by atoms with E-state index in [0.717, 1.165) is 10.3 Å². The van der Waals surface area contributed by atoms with Gasteiger partial charge in [-0.3, -0.25) is 4.79 Å². The second kappa shape index (κ2) is 5.77. The van der Waals surface area contributed by atoms with Crippen LogP contribution in [0, 0.1) is 0 Å². The fourth-order valence-corrected chi connectivity index (χ4v) is 4.97. The number of rotatable bonds is 3. The Hall–Kier alpha value is -2.21. The molecule has 0 atom stereocenters. The van der Waals surface area contributed by atoms with Gasteiger partial charge in [-0.2, -0.15) is 0 Å². The number of aliphatic hydroxyl groups is 1. The Bertz CT molecular complexity index is 1020. The van der Waals surface area contributed by atoms with Crippen molar-refractivity contribution in [2.75, 3.05) is 5.32 Å². The highest BCUT2D eigenvalue weighted by Gasteiger charge is 2.14. The molecule has 0 radical (unpaired) electrons. The Balaban J connectivity index is 1.66. The second-order valence-corrected chi connectivity index (χ2v) is 7.35. The smallest absolute Gasteiger partial charge is 0.265 e. The molecule has 0 fully saturated rings. The molecule has 4 aromatic rings. The van der Waals surface area contributed by atoms with Gasteiger partial charge in [-0.15, -0.1) is 22.7 Å². The molecule has 114 valence electrons. The first kappa shape index (κ1) is 14.4. The zero-order valence-corrected chi connectivity index (χ0v) is 13.7. The summed E-state index contributed by atoms with van der Waals surface area (Å²) >= 11 is 3.23. The number of thiophene rings is 2. The minimum absolute atomic E-state index is 0.0373. The number of amides is 1. The summed E-state index contributed by atoms with van der Waals surface area (Å²) in [6.45, 7) is -0.0373. The molecule has 0 saturated heterocycles. The van der Waals surface area contributed by atoms with E-state index in [9.17, 15) is 9.90 Å². The lowest BCUT2D eigenvalue weighted by Gasteiger charge is -2.04. The van der Waals surface area contributed by atoms with Crippen LogP contribution in [-0.4, -0.2) is 11.0 Å². The second-order valence-electron chi connectivity index (χ2n) is 5.21. The molecule has 1 amide bonds. The van der Waals surface area contributed by atoms with Gasteiger partial charge in [0.1, 0.15) is 0 Å². The lowest BCUT2D eigenvalue weighted by molar-refractivity contribution is 0.103. The molecule has 0 saturated carbocycles. The van der Waals surface area contributed by atoms with Gasteiger partial charge in [0.2, 0.25) is 0 Å². The van der Waals surface area contributed by atoms with Gasteiger partial charge in [-0.25, -0.2) is 0 Å². The van der Waals surface area contributed by atoms with E-state index < -0.39 is 0 Å². The number of hydrogen-bond acceptors (Lipinski definition) is 4. The maximum Gasteiger partial charge on any atom is 0.265 e. The molecule has 2 N–H and O–H groups in total. The molecule has 23 heavy (non-hydrogen) atoms. The molecule has 0 unspecified atom stereocenters. The molecule has 4 rings (SSSR count). The first-order valence-electron chi connectivity index (χ1n) is 7.17. The van der Waals surface area contributed by atoms with Crippen LogP contribution in [0.5, 0.6) is 0 Å². The van der Waals surface area contributed by atoms with Crippen molar-refractivity contribution in [1.82, 2.24) is 0 Å². The summed E-state index contributed by atoms with van der Waals surface area (Å²) in [6.07, 6.45) is 0. The van der Waals surface area contributed by atoms with Gasteiger partial charge in [0.15, 0.2) is 0 Å². The highest BCUT2D eigenvalue weighted by Crippen LogP contribution is 2.39. The van der Waals surface area contributed by atoms with E-state index in [1.165, 1.54) is 26.1 Å². The monoisotopic (exact) mass is 339 g/mol. The van der Waals surface area contributed by atoms with E-state index >= 15 is 0 Å². The minimum atomic E-state index is -0.113. The van der Waals surface area contributed by atoms with Gasteiger partial charge >= 0.3 is 0 Å². The number of hydrogen-bond donors (Lipinski definition) is 2. The van der Waals surface area contributed by atoms with Crippen LogP contribution in [0.25, 0.3) is 19.5 Å². The molecule has 0 aliphatic carbocycles. The number of nitrogens with one attached hydrogen (secondary N) is 1. The number of anilines is 1. The number of aliphatic hydroxyl groups excluding tert-OH is 1. The fourth-order valence-electron chi connectivity index (χ4n) is 2.55. The van der Waals surface area contributed by atoms with Crippen LogP contribution >= 0.6 is 22.7 Å². The summed E-state index contributed by atoms with van der Waals surface area (Å²) < 4.78 is 3.56. The van der Waals surface area contributed by atoms with Crippen LogP contribution in [0.4, 0.5) is 5.69 Å². The average molecular weight is 339 g/mol. The van der Waals surface area contributed by atoms with Crippen LogP contribution in [0.2, 0.25) is 0 Å². The third-order valence-electron chi connectivity index (χ3n) is 3.64. The lowest BCUT2D eigenvalue weighted by Crippen LogP contribution is -2.10. The molecule has 0 spiro atoms. The molecular weight excluding hydrogens is 326 g/mol. The summed E-state index contributed by atoms with van der Waals surface area (Å²) in [4.78, 5) is 13.2. The predicted molar refractivity (Wildman–Crippen MR) is 97.5 cm³/mol. The van der Waals surface area contributed by atoms with E-state index in [4.69, 9.17) is 0 Å². The number of fused-ring (bicyclic) bond motifs is 3. The summed E-state index contributed by atoms with van der Waals surface area (Å²) in [5.41, 5.74) is 1.48. The highest BCUT2D eigenvalue weighted by atomic mass is 32.1. The van der Waals surface area contributed by atoms with Gasteiger partial charge in [0.05, 0.1) is 16.2 Å². The zero-order chi connectivity index (χ0) is 15.8. The maximum atomic E-state index is 12.5. The lowest BCUT2D eigenvalue weighted by atomic mass is 10.2. The van der Waals surface area contributed by atoms with Crippen LogP contribution in [0.15, 0.2) is 54.6 Å². The van der Waals surface area contributed by atoms with Crippen molar-refractivity contribution in [2.45, 2.75) is 6.61 Å². The maximum absolute atomic E-state index is 12.5. The fraction of sp³-hybridized carbons (Fsp3) is 0.0556. The summed E-state index contributed by atoms with van der Waals surface area (Å²) in [5.74, 6) is -0.113.